The summed E-state index contributed by atoms with van der Waals surface area (Å²) in [5.41, 5.74) is 0.456. The maximum atomic E-state index is 12.9. The number of halogens is 3. The van der Waals surface area contributed by atoms with Crippen molar-refractivity contribution in [1.29, 1.82) is 0 Å². The first-order chi connectivity index (χ1) is 8.17. The van der Waals surface area contributed by atoms with Crippen LogP contribution in [0.1, 0.15) is 6.42 Å². The summed E-state index contributed by atoms with van der Waals surface area (Å²) in [5.74, 6) is -1.16. The third-order valence-electron chi connectivity index (χ3n) is 2.80. The van der Waals surface area contributed by atoms with E-state index in [1.165, 1.54) is 12.1 Å². The van der Waals surface area contributed by atoms with E-state index in [9.17, 15) is 13.2 Å². The molecule has 0 aliphatic carbocycles. The van der Waals surface area contributed by atoms with Crippen molar-refractivity contribution in [2.75, 3.05) is 31.6 Å². The second-order valence-corrected chi connectivity index (χ2v) is 4.30. The Morgan fingerprint density at radius 2 is 1.82 bits per heavy atom. The lowest BCUT2D eigenvalue weighted by atomic mass is 10.1. The zero-order chi connectivity index (χ0) is 12.3. The van der Waals surface area contributed by atoms with Gasteiger partial charge in [-0.2, -0.15) is 0 Å². The maximum Gasteiger partial charge on any atom is 0.128 e. The van der Waals surface area contributed by atoms with Gasteiger partial charge in [0, 0.05) is 31.4 Å². The first kappa shape index (κ1) is 12.2. The number of alkyl halides is 1. The van der Waals surface area contributed by atoms with Crippen molar-refractivity contribution in [3.05, 3.63) is 29.8 Å². The molecule has 0 saturated carbocycles. The number of rotatable bonds is 5. The van der Waals surface area contributed by atoms with Crippen LogP contribution in [0.3, 0.4) is 0 Å². The van der Waals surface area contributed by atoms with E-state index in [0.717, 1.165) is 25.7 Å². The highest BCUT2D eigenvalue weighted by Crippen LogP contribution is 2.18. The molecular formula is C12H15F3N2. The molecule has 0 aromatic heterocycles. The Kier molecular flexibility index (Phi) is 3.89. The number of hydrogen-bond acceptors (Lipinski definition) is 2. The molecule has 1 aromatic rings. The Hall–Kier alpha value is -1.23. The Balaban J connectivity index is 1.79. The summed E-state index contributed by atoms with van der Waals surface area (Å²) < 4.78 is 37.7. The normalized spacial score (nSPS) is 16.9. The quantitative estimate of drug-likeness (QED) is 0.855. The highest BCUT2D eigenvalue weighted by Gasteiger charge is 2.25. The zero-order valence-corrected chi connectivity index (χ0v) is 9.43. The smallest absolute Gasteiger partial charge is 0.128 e. The van der Waals surface area contributed by atoms with Gasteiger partial charge in [-0.05, 0) is 18.6 Å². The fraction of sp³-hybridized carbons (Fsp3) is 0.500. The van der Waals surface area contributed by atoms with Crippen molar-refractivity contribution in [1.82, 2.24) is 4.90 Å². The van der Waals surface area contributed by atoms with E-state index in [2.05, 4.69) is 10.2 Å². The molecule has 0 atom stereocenters. The summed E-state index contributed by atoms with van der Waals surface area (Å²) in [4.78, 5) is 2.10. The topological polar surface area (TPSA) is 15.3 Å². The van der Waals surface area contributed by atoms with Crippen LogP contribution in [0.2, 0.25) is 0 Å². The van der Waals surface area contributed by atoms with Gasteiger partial charge in [0.25, 0.3) is 0 Å². The standard InChI is InChI=1S/C12H15F3N2/c13-2-1-3-17-7-12(8-17)16-11-5-9(14)4-10(15)6-11/h4-6,12,16H,1-3,7-8H2. The highest BCUT2D eigenvalue weighted by molar-refractivity contribution is 5.45. The number of anilines is 1. The molecule has 0 unspecified atom stereocenters. The zero-order valence-electron chi connectivity index (χ0n) is 9.43. The lowest BCUT2D eigenvalue weighted by molar-refractivity contribution is 0.155. The number of likely N-dealkylation sites (tertiary alicyclic amines) is 1. The van der Waals surface area contributed by atoms with Crippen LogP contribution >= 0.6 is 0 Å². The largest absolute Gasteiger partial charge is 0.380 e. The minimum Gasteiger partial charge on any atom is -0.380 e. The van der Waals surface area contributed by atoms with E-state index >= 15 is 0 Å². The van der Waals surface area contributed by atoms with Crippen LogP contribution < -0.4 is 5.32 Å². The van der Waals surface area contributed by atoms with Crippen LogP contribution in [0, 0.1) is 11.6 Å². The van der Waals surface area contributed by atoms with Crippen molar-refractivity contribution in [2.45, 2.75) is 12.5 Å². The SMILES string of the molecule is FCCCN1CC(Nc2cc(F)cc(F)c2)C1. The predicted molar refractivity (Wildman–Crippen MR) is 60.8 cm³/mol. The number of benzene rings is 1. The number of hydrogen-bond donors (Lipinski definition) is 1. The van der Waals surface area contributed by atoms with Crippen molar-refractivity contribution in [3.8, 4) is 0 Å². The molecule has 2 nitrogen and oxygen atoms in total. The van der Waals surface area contributed by atoms with Crippen LogP contribution in [0.15, 0.2) is 18.2 Å². The average Bonchev–Trinajstić information content (AvgIpc) is 2.19. The third kappa shape index (κ3) is 3.36. The molecule has 1 aromatic carbocycles. The number of nitrogens with one attached hydrogen (secondary N) is 1. The van der Waals surface area contributed by atoms with Gasteiger partial charge in [0.2, 0.25) is 0 Å². The Bertz CT molecular complexity index is 358. The molecule has 1 N–H and O–H groups in total. The van der Waals surface area contributed by atoms with E-state index in [4.69, 9.17) is 0 Å². The van der Waals surface area contributed by atoms with Gasteiger partial charge in [-0.3, -0.25) is 9.29 Å². The second-order valence-electron chi connectivity index (χ2n) is 4.30. The molecule has 0 amide bonds. The molecular weight excluding hydrogens is 229 g/mol. The average molecular weight is 244 g/mol. The summed E-state index contributed by atoms with van der Waals surface area (Å²) in [5, 5.41) is 3.05. The fourth-order valence-corrected chi connectivity index (χ4v) is 2.00. The minimum absolute atomic E-state index is 0.191. The van der Waals surface area contributed by atoms with E-state index in [1.807, 2.05) is 0 Å². The van der Waals surface area contributed by atoms with Gasteiger partial charge < -0.3 is 5.32 Å². The lowest BCUT2D eigenvalue weighted by Crippen LogP contribution is -2.54. The van der Waals surface area contributed by atoms with E-state index in [-0.39, 0.29) is 12.7 Å². The Morgan fingerprint density at radius 3 is 2.41 bits per heavy atom. The molecule has 1 aliphatic heterocycles. The highest BCUT2D eigenvalue weighted by atomic mass is 19.1. The van der Waals surface area contributed by atoms with E-state index < -0.39 is 11.6 Å². The molecule has 5 heteroatoms. The molecule has 17 heavy (non-hydrogen) atoms. The first-order valence-electron chi connectivity index (χ1n) is 5.68. The molecule has 2 rings (SSSR count). The van der Waals surface area contributed by atoms with Crippen LogP contribution in [0.4, 0.5) is 18.9 Å². The van der Waals surface area contributed by atoms with Gasteiger partial charge in [0.15, 0.2) is 0 Å². The van der Waals surface area contributed by atoms with Crippen LogP contribution in [-0.4, -0.2) is 37.3 Å². The first-order valence-corrected chi connectivity index (χ1v) is 5.68. The monoisotopic (exact) mass is 244 g/mol. The molecule has 1 heterocycles. The molecule has 1 fully saturated rings. The number of nitrogens with zero attached hydrogens (tertiary/aromatic N) is 1. The van der Waals surface area contributed by atoms with Gasteiger partial charge in [0.05, 0.1) is 12.7 Å². The van der Waals surface area contributed by atoms with Gasteiger partial charge in [-0.15, -0.1) is 0 Å². The van der Waals surface area contributed by atoms with E-state index in [0.29, 0.717) is 12.1 Å². The Morgan fingerprint density at radius 1 is 1.18 bits per heavy atom. The van der Waals surface area contributed by atoms with E-state index in [1.54, 1.807) is 0 Å². The summed E-state index contributed by atoms with van der Waals surface area (Å²) in [6.07, 6.45) is 0.543. The lowest BCUT2D eigenvalue weighted by Gasteiger charge is -2.40. The Labute approximate surface area is 98.4 Å². The van der Waals surface area contributed by atoms with Gasteiger partial charge >= 0.3 is 0 Å². The predicted octanol–water partition coefficient (Wildman–Crippen LogP) is 2.42. The van der Waals surface area contributed by atoms with Crippen molar-refractivity contribution in [2.24, 2.45) is 0 Å². The summed E-state index contributed by atoms with van der Waals surface area (Å²) >= 11 is 0. The molecule has 0 radical (unpaired) electrons. The minimum atomic E-state index is -0.582. The van der Waals surface area contributed by atoms with Gasteiger partial charge in [-0.25, -0.2) is 8.78 Å². The maximum absolute atomic E-state index is 12.9. The molecule has 1 aliphatic rings. The van der Waals surface area contributed by atoms with Gasteiger partial charge in [0.1, 0.15) is 11.6 Å². The summed E-state index contributed by atoms with van der Waals surface area (Å²) in [6.45, 7) is 2.02. The molecule has 0 bridgehead atoms. The van der Waals surface area contributed by atoms with Crippen LogP contribution in [-0.2, 0) is 0 Å². The summed E-state index contributed by atoms with van der Waals surface area (Å²) in [6, 6.07) is 3.58. The molecule has 94 valence electrons. The third-order valence-corrected chi connectivity index (χ3v) is 2.80. The van der Waals surface area contributed by atoms with Crippen molar-refractivity contribution in [3.63, 3.8) is 0 Å². The van der Waals surface area contributed by atoms with Crippen molar-refractivity contribution >= 4 is 5.69 Å². The second kappa shape index (κ2) is 5.40. The van der Waals surface area contributed by atoms with Gasteiger partial charge in [-0.1, -0.05) is 0 Å². The fourth-order valence-electron chi connectivity index (χ4n) is 2.00. The van der Waals surface area contributed by atoms with Crippen molar-refractivity contribution < 1.29 is 13.2 Å². The van der Waals surface area contributed by atoms with Crippen LogP contribution in [0.25, 0.3) is 0 Å². The van der Waals surface area contributed by atoms with Crippen LogP contribution in [0.5, 0.6) is 0 Å². The summed E-state index contributed by atoms with van der Waals surface area (Å²) in [7, 11) is 0. The molecule has 0 spiro atoms. The molecule has 1 saturated heterocycles.